The van der Waals surface area contributed by atoms with Crippen LogP contribution < -0.4 is 5.32 Å². The second-order valence-corrected chi connectivity index (χ2v) is 5.85. The summed E-state index contributed by atoms with van der Waals surface area (Å²) in [5.74, 6) is -0.341. The molecule has 2 N–H and O–H groups in total. The average Bonchev–Trinajstić information content (AvgIpc) is 2.48. The summed E-state index contributed by atoms with van der Waals surface area (Å²) in [6.45, 7) is 0.811. The summed E-state index contributed by atoms with van der Waals surface area (Å²) in [7, 11) is 0. The van der Waals surface area contributed by atoms with Crippen molar-refractivity contribution in [1.29, 1.82) is 0 Å². The van der Waals surface area contributed by atoms with Crippen LogP contribution in [0.25, 0.3) is 0 Å². The molecule has 0 spiro atoms. The van der Waals surface area contributed by atoms with E-state index in [4.69, 9.17) is 0 Å². The standard InChI is InChI=1S/C16H15BrFNO/c17-14-6-5-11(18)9-13(14)16(20)15-12-4-2-1-3-10(12)7-8-19-15/h1-6,9,15-16,19-20H,7-8H2. The highest BCUT2D eigenvalue weighted by molar-refractivity contribution is 9.10. The zero-order valence-corrected chi connectivity index (χ0v) is 12.4. The van der Waals surface area contributed by atoms with Gasteiger partial charge in [-0.25, -0.2) is 4.39 Å². The molecule has 1 aliphatic heterocycles. The zero-order chi connectivity index (χ0) is 14.1. The Morgan fingerprint density at radius 1 is 1.25 bits per heavy atom. The lowest BCUT2D eigenvalue weighted by atomic mass is 9.88. The lowest BCUT2D eigenvalue weighted by Gasteiger charge is -2.31. The van der Waals surface area contributed by atoms with Gasteiger partial charge >= 0.3 is 0 Å². The normalized spacial score (nSPS) is 19.4. The predicted octanol–water partition coefficient (Wildman–Crippen LogP) is 3.51. The largest absolute Gasteiger partial charge is 0.386 e. The van der Waals surface area contributed by atoms with Crippen LogP contribution in [0.5, 0.6) is 0 Å². The highest BCUT2D eigenvalue weighted by Crippen LogP contribution is 2.36. The van der Waals surface area contributed by atoms with E-state index in [0.29, 0.717) is 5.56 Å². The maximum Gasteiger partial charge on any atom is 0.123 e. The minimum absolute atomic E-state index is 0.210. The molecular weight excluding hydrogens is 321 g/mol. The second-order valence-electron chi connectivity index (χ2n) is 4.99. The Bertz CT molecular complexity index is 632. The van der Waals surface area contributed by atoms with E-state index in [2.05, 4.69) is 27.3 Å². The molecule has 104 valence electrons. The Labute approximate surface area is 125 Å². The number of rotatable bonds is 2. The Morgan fingerprint density at radius 3 is 2.90 bits per heavy atom. The molecule has 2 aromatic carbocycles. The van der Waals surface area contributed by atoms with Crippen molar-refractivity contribution in [3.05, 3.63) is 69.4 Å². The molecule has 0 amide bonds. The molecule has 0 fully saturated rings. The summed E-state index contributed by atoms with van der Waals surface area (Å²) in [5, 5.41) is 14.0. The van der Waals surface area contributed by atoms with Crippen molar-refractivity contribution < 1.29 is 9.50 Å². The fourth-order valence-electron chi connectivity index (χ4n) is 2.74. The molecule has 0 saturated carbocycles. The first-order chi connectivity index (χ1) is 9.66. The second kappa shape index (κ2) is 5.64. The van der Waals surface area contributed by atoms with E-state index in [1.54, 1.807) is 6.07 Å². The number of benzene rings is 2. The maximum absolute atomic E-state index is 13.4. The van der Waals surface area contributed by atoms with Crippen LogP contribution in [0.1, 0.15) is 28.8 Å². The maximum atomic E-state index is 13.4. The fraction of sp³-hybridized carbons (Fsp3) is 0.250. The number of halogens is 2. The molecular formula is C16H15BrFNO. The number of hydrogen-bond acceptors (Lipinski definition) is 2. The predicted molar refractivity (Wildman–Crippen MR) is 79.9 cm³/mol. The Morgan fingerprint density at radius 2 is 2.05 bits per heavy atom. The Kier molecular flexibility index (Phi) is 3.87. The smallest absolute Gasteiger partial charge is 0.123 e. The van der Waals surface area contributed by atoms with Crippen LogP contribution in [0.2, 0.25) is 0 Å². The summed E-state index contributed by atoms with van der Waals surface area (Å²) in [4.78, 5) is 0. The van der Waals surface area contributed by atoms with Crippen molar-refractivity contribution in [2.24, 2.45) is 0 Å². The van der Waals surface area contributed by atoms with Gasteiger partial charge in [-0.2, -0.15) is 0 Å². The van der Waals surface area contributed by atoms with Gasteiger partial charge in [0.25, 0.3) is 0 Å². The molecule has 1 aliphatic rings. The third-order valence-corrected chi connectivity index (χ3v) is 4.46. The van der Waals surface area contributed by atoms with Crippen molar-refractivity contribution in [2.75, 3.05) is 6.54 Å². The topological polar surface area (TPSA) is 32.3 Å². The Balaban J connectivity index is 1.99. The number of aliphatic hydroxyl groups is 1. The van der Waals surface area contributed by atoms with E-state index in [-0.39, 0.29) is 11.9 Å². The van der Waals surface area contributed by atoms with Crippen LogP contribution in [-0.2, 0) is 6.42 Å². The first-order valence-electron chi connectivity index (χ1n) is 6.61. The first kappa shape index (κ1) is 13.7. The molecule has 1 heterocycles. The highest BCUT2D eigenvalue weighted by Gasteiger charge is 2.28. The van der Waals surface area contributed by atoms with Gasteiger partial charge in [-0.1, -0.05) is 40.2 Å². The van der Waals surface area contributed by atoms with Crippen LogP contribution in [0.3, 0.4) is 0 Å². The lowest BCUT2D eigenvalue weighted by Crippen LogP contribution is -2.34. The van der Waals surface area contributed by atoms with Gasteiger partial charge in [0.2, 0.25) is 0 Å². The Hall–Kier alpha value is -1.23. The number of aliphatic hydroxyl groups excluding tert-OH is 1. The molecule has 0 aliphatic carbocycles. The van der Waals surface area contributed by atoms with Crippen molar-refractivity contribution >= 4 is 15.9 Å². The molecule has 0 saturated heterocycles. The molecule has 0 aromatic heterocycles. The lowest BCUT2D eigenvalue weighted by molar-refractivity contribution is 0.124. The minimum atomic E-state index is -0.790. The number of fused-ring (bicyclic) bond motifs is 1. The van der Waals surface area contributed by atoms with Gasteiger partial charge in [0.15, 0.2) is 0 Å². The minimum Gasteiger partial charge on any atom is -0.386 e. The van der Waals surface area contributed by atoms with Gasteiger partial charge in [-0.05, 0) is 47.9 Å². The third kappa shape index (κ3) is 2.51. The van der Waals surface area contributed by atoms with Crippen LogP contribution in [0, 0.1) is 5.82 Å². The van der Waals surface area contributed by atoms with E-state index in [0.717, 1.165) is 23.0 Å². The van der Waals surface area contributed by atoms with E-state index < -0.39 is 6.10 Å². The molecule has 2 atom stereocenters. The average molecular weight is 336 g/mol. The van der Waals surface area contributed by atoms with Gasteiger partial charge in [-0.15, -0.1) is 0 Å². The summed E-state index contributed by atoms with van der Waals surface area (Å²) in [6.07, 6.45) is 0.158. The summed E-state index contributed by atoms with van der Waals surface area (Å²) < 4.78 is 14.1. The summed E-state index contributed by atoms with van der Waals surface area (Å²) in [5.41, 5.74) is 2.89. The third-order valence-electron chi connectivity index (χ3n) is 3.74. The van der Waals surface area contributed by atoms with Crippen LogP contribution >= 0.6 is 15.9 Å². The number of nitrogens with one attached hydrogen (secondary N) is 1. The van der Waals surface area contributed by atoms with E-state index in [1.807, 2.05) is 18.2 Å². The SMILES string of the molecule is OC(c1cc(F)ccc1Br)C1NCCc2ccccc21. The van der Waals surface area contributed by atoms with Crippen molar-refractivity contribution in [2.45, 2.75) is 18.6 Å². The van der Waals surface area contributed by atoms with Gasteiger partial charge in [-0.3, -0.25) is 0 Å². The molecule has 2 nitrogen and oxygen atoms in total. The van der Waals surface area contributed by atoms with Gasteiger partial charge in [0.05, 0.1) is 12.1 Å². The monoisotopic (exact) mass is 335 g/mol. The molecule has 2 aromatic rings. The van der Waals surface area contributed by atoms with Gasteiger partial charge in [0, 0.05) is 4.47 Å². The molecule has 0 bridgehead atoms. The summed E-state index contributed by atoms with van der Waals surface area (Å²) in [6, 6.07) is 12.2. The van der Waals surface area contributed by atoms with Crippen molar-refractivity contribution in [1.82, 2.24) is 5.32 Å². The van der Waals surface area contributed by atoms with Gasteiger partial charge < -0.3 is 10.4 Å². The van der Waals surface area contributed by atoms with Crippen LogP contribution in [0.4, 0.5) is 4.39 Å². The molecule has 3 rings (SSSR count). The number of hydrogen-bond donors (Lipinski definition) is 2. The van der Waals surface area contributed by atoms with E-state index in [9.17, 15) is 9.50 Å². The molecule has 20 heavy (non-hydrogen) atoms. The molecule has 0 radical (unpaired) electrons. The van der Waals surface area contributed by atoms with Crippen LogP contribution in [-0.4, -0.2) is 11.7 Å². The van der Waals surface area contributed by atoms with Crippen molar-refractivity contribution in [3.63, 3.8) is 0 Å². The fourth-order valence-corrected chi connectivity index (χ4v) is 3.22. The zero-order valence-electron chi connectivity index (χ0n) is 10.8. The van der Waals surface area contributed by atoms with E-state index in [1.165, 1.54) is 17.7 Å². The first-order valence-corrected chi connectivity index (χ1v) is 7.40. The quantitative estimate of drug-likeness (QED) is 0.880. The molecule has 4 heteroatoms. The molecule has 2 unspecified atom stereocenters. The summed E-state index contributed by atoms with van der Waals surface area (Å²) >= 11 is 3.38. The van der Waals surface area contributed by atoms with Gasteiger partial charge in [0.1, 0.15) is 5.82 Å². The highest BCUT2D eigenvalue weighted by atomic mass is 79.9. The van der Waals surface area contributed by atoms with Crippen LogP contribution in [0.15, 0.2) is 46.9 Å². The van der Waals surface area contributed by atoms with Crippen molar-refractivity contribution in [3.8, 4) is 0 Å². The van der Waals surface area contributed by atoms with E-state index >= 15 is 0 Å².